The van der Waals surface area contributed by atoms with E-state index in [1.807, 2.05) is 13.8 Å². The Kier molecular flexibility index (Phi) is 4.36. The molecule has 0 radical (unpaired) electrons. The number of hydrogen-bond donors (Lipinski definition) is 1. The number of nitro benzene ring substituents is 1. The Hall–Kier alpha value is -2.64. The highest BCUT2D eigenvalue weighted by Crippen LogP contribution is 2.36. The first-order valence-corrected chi connectivity index (χ1v) is 8.40. The fourth-order valence-corrected chi connectivity index (χ4v) is 3.48. The number of nitro groups is 1. The molecule has 1 aromatic carbocycles. The van der Waals surface area contributed by atoms with E-state index >= 15 is 0 Å². The van der Waals surface area contributed by atoms with Crippen LogP contribution in [0.25, 0.3) is 0 Å². The Morgan fingerprint density at radius 3 is 2.60 bits per heavy atom. The van der Waals surface area contributed by atoms with E-state index in [-0.39, 0.29) is 24.2 Å². The maximum atomic E-state index is 12.8. The molecule has 8 heteroatoms. The third kappa shape index (κ3) is 3.16. The fourth-order valence-electron chi connectivity index (χ4n) is 3.48. The van der Waals surface area contributed by atoms with Crippen LogP contribution in [0.15, 0.2) is 18.2 Å². The van der Waals surface area contributed by atoms with Gasteiger partial charge in [0.2, 0.25) is 0 Å². The smallest absolute Gasteiger partial charge is 0.325 e. The summed E-state index contributed by atoms with van der Waals surface area (Å²) in [6.07, 6.45) is 2.94. The molecule has 1 spiro atoms. The molecule has 3 rings (SSSR count). The number of urea groups is 1. The van der Waals surface area contributed by atoms with Crippen LogP contribution >= 0.6 is 0 Å². The zero-order valence-corrected chi connectivity index (χ0v) is 14.3. The van der Waals surface area contributed by atoms with Crippen LogP contribution < -0.4 is 10.1 Å². The van der Waals surface area contributed by atoms with Gasteiger partial charge in [-0.25, -0.2) is 4.79 Å². The van der Waals surface area contributed by atoms with Gasteiger partial charge in [0.15, 0.2) is 0 Å². The van der Waals surface area contributed by atoms with Crippen molar-refractivity contribution in [3.63, 3.8) is 0 Å². The summed E-state index contributed by atoms with van der Waals surface area (Å²) in [5.41, 5.74) is -0.452. The quantitative estimate of drug-likeness (QED) is 0.501. The Morgan fingerprint density at radius 2 is 2.00 bits per heavy atom. The Morgan fingerprint density at radius 1 is 1.32 bits per heavy atom. The van der Waals surface area contributed by atoms with Gasteiger partial charge in [0.05, 0.1) is 17.6 Å². The Labute approximate surface area is 145 Å². The van der Waals surface area contributed by atoms with Gasteiger partial charge < -0.3 is 10.1 Å². The normalized spacial score (nSPS) is 18.9. The van der Waals surface area contributed by atoms with Crippen LogP contribution in [0.4, 0.5) is 10.5 Å². The van der Waals surface area contributed by atoms with Crippen molar-refractivity contribution >= 4 is 17.6 Å². The summed E-state index contributed by atoms with van der Waals surface area (Å²) >= 11 is 0. The van der Waals surface area contributed by atoms with E-state index in [0.29, 0.717) is 24.2 Å². The third-order valence-corrected chi connectivity index (χ3v) is 4.65. The molecule has 1 aliphatic heterocycles. The van der Waals surface area contributed by atoms with Gasteiger partial charge in [-0.05, 0) is 32.8 Å². The summed E-state index contributed by atoms with van der Waals surface area (Å²) < 4.78 is 5.69. The zero-order valence-electron chi connectivity index (χ0n) is 14.3. The molecule has 1 saturated heterocycles. The average molecular weight is 347 g/mol. The Bertz CT molecular complexity index is 725. The van der Waals surface area contributed by atoms with Crippen molar-refractivity contribution in [2.45, 2.75) is 57.7 Å². The summed E-state index contributed by atoms with van der Waals surface area (Å²) in [6, 6.07) is 3.77. The van der Waals surface area contributed by atoms with E-state index in [9.17, 15) is 19.7 Å². The highest BCUT2D eigenvalue weighted by molar-refractivity contribution is 6.07. The van der Waals surface area contributed by atoms with Gasteiger partial charge in [-0.15, -0.1) is 0 Å². The topological polar surface area (TPSA) is 102 Å². The molecule has 0 bridgehead atoms. The van der Waals surface area contributed by atoms with Crippen LogP contribution in [-0.2, 0) is 11.3 Å². The number of benzene rings is 1. The zero-order chi connectivity index (χ0) is 18.2. The molecule has 25 heavy (non-hydrogen) atoms. The maximum absolute atomic E-state index is 12.8. The Balaban J connectivity index is 1.90. The number of ether oxygens (including phenoxy) is 1. The molecule has 1 aliphatic carbocycles. The lowest BCUT2D eigenvalue weighted by Gasteiger charge is -2.21. The number of amides is 3. The van der Waals surface area contributed by atoms with Gasteiger partial charge in [-0.2, -0.15) is 0 Å². The first-order chi connectivity index (χ1) is 11.8. The number of hydrogen-bond acceptors (Lipinski definition) is 5. The van der Waals surface area contributed by atoms with Crippen molar-refractivity contribution in [1.29, 1.82) is 0 Å². The summed E-state index contributed by atoms with van der Waals surface area (Å²) in [5, 5.41) is 13.9. The van der Waals surface area contributed by atoms with Gasteiger partial charge >= 0.3 is 6.03 Å². The number of nitrogens with zero attached hydrogens (tertiary/aromatic N) is 2. The van der Waals surface area contributed by atoms with Crippen LogP contribution in [0.2, 0.25) is 0 Å². The fraction of sp³-hybridized carbons (Fsp3) is 0.529. The first kappa shape index (κ1) is 17.2. The summed E-state index contributed by atoms with van der Waals surface area (Å²) in [5.74, 6) is 0.186. The van der Waals surface area contributed by atoms with Crippen LogP contribution in [0, 0.1) is 10.1 Å². The van der Waals surface area contributed by atoms with Crippen LogP contribution in [0.5, 0.6) is 5.75 Å². The minimum Gasteiger partial charge on any atom is -0.491 e. The van der Waals surface area contributed by atoms with Gasteiger partial charge in [0.25, 0.3) is 11.6 Å². The van der Waals surface area contributed by atoms with Gasteiger partial charge in [-0.1, -0.05) is 12.8 Å². The number of nitrogens with one attached hydrogen (secondary N) is 1. The van der Waals surface area contributed by atoms with Crippen LogP contribution in [-0.4, -0.2) is 33.4 Å². The van der Waals surface area contributed by atoms with E-state index in [2.05, 4.69) is 5.32 Å². The van der Waals surface area contributed by atoms with Crippen molar-refractivity contribution in [3.8, 4) is 5.75 Å². The molecular formula is C17H21N3O5. The molecule has 1 saturated carbocycles. The summed E-state index contributed by atoms with van der Waals surface area (Å²) in [4.78, 5) is 36.8. The first-order valence-electron chi connectivity index (χ1n) is 8.40. The largest absolute Gasteiger partial charge is 0.491 e. The maximum Gasteiger partial charge on any atom is 0.325 e. The van der Waals surface area contributed by atoms with Gasteiger partial charge in [0, 0.05) is 17.7 Å². The minimum absolute atomic E-state index is 0.0455. The van der Waals surface area contributed by atoms with Gasteiger partial charge in [0.1, 0.15) is 11.3 Å². The van der Waals surface area contributed by atoms with Gasteiger partial charge in [-0.3, -0.25) is 19.8 Å². The molecule has 1 heterocycles. The summed E-state index contributed by atoms with van der Waals surface area (Å²) in [7, 11) is 0. The molecule has 0 aromatic heterocycles. The third-order valence-electron chi connectivity index (χ3n) is 4.65. The lowest BCUT2D eigenvalue weighted by atomic mass is 9.98. The molecular weight excluding hydrogens is 326 g/mol. The predicted molar refractivity (Wildman–Crippen MR) is 89.1 cm³/mol. The number of non-ortho nitro benzene ring substituents is 1. The van der Waals surface area contributed by atoms with Crippen molar-refractivity contribution in [2.75, 3.05) is 0 Å². The number of carbonyl (C=O) groups is 2. The average Bonchev–Trinajstić information content (AvgIpc) is 3.09. The lowest BCUT2D eigenvalue weighted by molar-refractivity contribution is -0.385. The standard InChI is InChI=1S/C17H21N3O5/c1-11(2)25-14-6-5-13(20(23)24)9-12(14)10-19-15(21)17(18-16(19)22)7-3-4-8-17/h5-6,9,11H,3-4,7-8,10H2,1-2H3,(H,18,22). The number of imide groups is 1. The number of carbonyl (C=O) groups excluding carboxylic acids is 2. The van der Waals surface area contributed by atoms with Crippen LogP contribution in [0.1, 0.15) is 45.1 Å². The van der Waals surface area contributed by atoms with Crippen molar-refractivity contribution < 1.29 is 19.2 Å². The van der Waals surface area contributed by atoms with E-state index in [4.69, 9.17) is 4.74 Å². The molecule has 0 atom stereocenters. The highest BCUT2D eigenvalue weighted by atomic mass is 16.6. The molecule has 3 amide bonds. The predicted octanol–water partition coefficient (Wildman–Crippen LogP) is 2.75. The van der Waals surface area contributed by atoms with E-state index in [0.717, 1.165) is 17.7 Å². The summed E-state index contributed by atoms with van der Waals surface area (Å²) in [6.45, 7) is 3.63. The molecule has 0 unspecified atom stereocenters. The van der Waals surface area contributed by atoms with E-state index in [1.54, 1.807) is 0 Å². The molecule has 134 valence electrons. The second kappa shape index (κ2) is 6.34. The molecule has 2 fully saturated rings. The lowest BCUT2D eigenvalue weighted by Crippen LogP contribution is -2.44. The van der Waals surface area contributed by atoms with Crippen molar-refractivity contribution in [3.05, 3.63) is 33.9 Å². The number of rotatable bonds is 5. The molecule has 8 nitrogen and oxygen atoms in total. The second-order valence-electron chi connectivity index (χ2n) is 6.83. The van der Waals surface area contributed by atoms with E-state index in [1.165, 1.54) is 18.2 Å². The van der Waals surface area contributed by atoms with Crippen molar-refractivity contribution in [1.82, 2.24) is 10.2 Å². The minimum atomic E-state index is -0.795. The van der Waals surface area contributed by atoms with Crippen LogP contribution in [0.3, 0.4) is 0 Å². The monoisotopic (exact) mass is 347 g/mol. The molecule has 1 N–H and O–H groups in total. The molecule has 1 aromatic rings. The van der Waals surface area contributed by atoms with E-state index < -0.39 is 16.5 Å². The highest BCUT2D eigenvalue weighted by Gasteiger charge is 2.52. The van der Waals surface area contributed by atoms with Crippen molar-refractivity contribution in [2.24, 2.45) is 0 Å². The second-order valence-corrected chi connectivity index (χ2v) is 6.83. The molecule has 2 aliphatic rings. The SMILES string of the molecule is CC(C)Oc1ccc([N+](=O)[O-])cc1CN1C(=O)NC2(CCCC2)C1=O.